The molecular formula is C19H17F4N3O3. The van der Waals surface area contributed by atoms with Gasteiger partial charge in [-0.1, -0.05) is 0 Å². The zero-order valence-corrected chi connectivity index (χ0v) is 15.0. The number of fused-ring (bicyclic) bond motifs is 1. The van der Waals surface area contributed by atoms with Gasteiger partial charge in [-0.25, -0.2) is 22.5 Å². The van der Waals surface area contributed by atoms with Gasteiger partial charge < -0.3 is 14.8 Å². The van der Waals surface area contributed by atoms with Crippen LogP contribution in [0.5, 0.6) is 0 Å². The number of ether oxygens (including phenoxy) is 1. The van der Waals surface area contributed by atoms with E-state index in [2.05, 4.69) is 9.97 Å². The van der Waals surface area contributed by atoms with Gasteiger partial charge in [0.05, 0.1) is 30.1 Å². The number of hydrogen-bond donors (Lipinski definition) is 2. The Morgan fingerprint density at radius 2 is 2.14 bits per heavy atom. The second-order valence-electron chi connectivity index (χ2n) is 6.83. The Balaban J connectivity index is 1.57. The number of aliphatic hydroxyl groups is 1. The summed E-state index contributed by atoms with van der Waals surface area (Å²) in [7, 11) is 0. The molecule has 154 valence electrons. The molecule has 1 aliphatic carbocycles. The number of aromatic amines is 1. The van der Waals surface area contributed by atoms with Gasteiger partial charge >= 0.3 is 0 Å². The van der Waals surface area contributed by atoms with Crippen molar-refractivity contribution >= 4 is 22.6 Å². The number of alkyl halides is 2. The summed E-state index contributed by atoms with van der Waals surface area (Å²) < 4.78 is 58.9. The number of nitrogens with one attached hydrogen (secondary N) is 1. The van der Waals surface area contributed by atoms with E-state index in [1.165, 1.54) is 6.33 Å². The molecule has 1 aliphatic heterocycles. The summed E-state index contributed by atoms with van der Waals surface area (Å²) in [6.45, 7) is -0.338. The van der Waals surface area contributed by atoms with E-state index in [1.54, 1.807) is 18.2 Å². The van der Waals surface area contributed by atoms with E-state index in [-0.39, 0.29) is 13.0 Å². The Hall–Kier alpha value is -2.72. The molecule has 1 aromatic carbocycles. The number of amides is 1. The minimum absolute atomic E-state index is 0.338. The highest BCUT2D eigenvalue weighted by atomic mass is 19.3. The van der Waals surface area contributed by atoms with Gasteiger partial charge in [-0.05, 0) is 24.3 Å². The molecule has 29 heavy (non-hydrogen) atoms. The smallest absolute Gasteiger partial charge is 0.259 e. The van der Waals surface area contributed by atoms with Gasteiger partial charge in [-0.2, -0.15) is 0 Å². The van der Waals surface area contributed by atoms with Crippen LogP contribution in [0.1, 0.15) is 12.8 Å². The fourth-order valence-corrected chi connectivity index (χ4v) is 3.56. The van der Waals surface area contributed by atoms with Crippen LogP contribution in [0, 0.1) is 0 Å². The summed E-state index contributed by atoms with van der Waals surface area (Å²) in [6, 6.07) is 3.58. The number of rotatable bonds is 6. The maximum atomic E-state index is 14.7. The van der Waals surface area contributed by atoms with Crippen LogP contribution < -0.4 is 4.90 Å². The van der Waals surface area contributed by atoms with E-state index >= 15 is 0 Å². The minimum atomic E-state index is -2.57. The van der Waals surface area contributed by atoms with Crippen LogP contribution >= 0.6 is 0 Å². The number of H-pyrrole nitrogens is 1. The number of anilines is 1. The van der Waals surface area contributed by atoms with Crippen LogP contribution in [0.15, 0.2) is 47.8 Å². The lowest BCUT2D eigenvalue weighted by Gasteiger charge is -2.46. The third-order valence-electron chi connectivity index (χ3n) is 4.98. The van der Waals surface area contributed by atoms with Crippen molar-refractivity contribution in [1.29, 1.82) is 0 Å². The van der Waals surface area contributed by atoms with Crippen LogP contribution in [0.4, 0.5) is 23.2 Å². The Bertz CT molecular complexity index is 1000. The van der Waals surface area contributed by atoms with Crippen molar-refractivity contribution in [3.63, 3.8) is 0 Å². The van der Waals surface area contributed by atoms with E-state index in [4.69, 9.17) is 4.74 Å². The SMILES string of the molecule is O=C1[C@@H](O)[C@H](C2=C(F)CC(OCCC(F)F)C=C2F)N1c1ccc2[nH]cnc2c1. The third kappa shape index (κ3) is 3.53. The first-order valence-corrected chi connectivity index (χ1v) is 8.97. The van der Waals surface area contributed by atoms with Crippen molar-refractivity contribution in [2.75, 3.05) is 11.5 Å². The molecule has 0 bridgehead atoms. The number of β-lactam (4-membered cyclic amide) rings is 1. The van der Waals surface area contributed by atoms with Gasteiger partial charge in [-0.15, -0.1) is 0 Å². The minimum Gasteiger partial charge on any atom is -0.381 e. The van der Waals surface area contributed by atoms with E-state index in [9.17, 15) is 27.5 Å². The Labute approximate surface area is 162 Å². The number of imidazole rings is 1. The van der Waals surface area contributed by atoms with Gasteiger partial charge in [-0.3, -0.25) is 9.69 Å². The number of carbonyl (C=O) groups excluding carboxylic acids is 1. The van der Waals surface area contributed by atoms with Crippen molar-refractivity contribution in [2.24, 2.45) is 0 Å². The average molecular weight is 411 g/mol. The van der Waals surface area contributed by atoms with Gasteiger partial charge in [0.1, 0.15) is 17.7 Å². The lowest BCUT2D eigenvalue weighted by atomic mass is 9.85. The summed E-state index contributed by atoms with van der Waals surface area (Å²) in [4.78, 5) is 20.3. The molecule has 6 nitrogen and oxygen atoms in total. The van der Waals surface area contributed by atoms with Crippen LogP contribution in [0.25, 0.3) is 11.0 Å². The topological polar surface area (TPSA) is 78.5 Å². The molecule has 3 atom stereocenters. The summed E-state index contributed by atoms with van der Waals surface area (Å²) in [5, 5.41) is 10.1. The number of nitrogens with zero attached hydrogens (tertiary/aromatic N) is 2. The number of halogens is 4. The maximum Gasteiger partial charge on any atom is 0.259 e. The number of aromatic nitrogens is 2. The number of carbonyl (C=O) groups is 1. The average Bonchev–Trinajstić information content (AvgIpc) is 3.14. The molecule has 1 saturated heterocycles. The predicted octanol–water partition coefficient (Wildman–Crippen LogP) is 3.16. The van der Waals surface area contributed by atoms with Crippen LogP contribution in [0.2, 0.25) is 0 Å². The largest absolute Gasteiger partial charge is 0.381 e. The quantitative estimate of drug-likeness (QED) is 0.566. The molecule has 2 aliphatic rings. The van der Waals surface area contributed by atoms with E-state index in [1.807, 2.05) is 0 Å². The van der Waals surface area contributed by atoms with Crippen LogP contribution in [-0.2, 0) is 9.53 Å². The fraction of sp³-hybridized carbons (Fsp3) is 0.368. The lowest BCUT2D eigenvalue weighted by Crippen LogP contribution is -2.66. The molecule has 0 spiro atoms. The van der Waals surface area contributed by atoms with Crippen molar-refractivity contribution in [2.45, 2.75) is 37.5 Å². The van der Waals surface area contributed by atoms with Gasteiger partial charge in [0.2, 0.25) is 6.43 Å². The molecule has 4 rings (SSSR count). The standard InChI is InChI=1S/C19H17F4N3O3/c20-11-6-10(29-4-3-15(22)23)7-12(21)16(11)17-18(27)19(28)26(17)9-1-2-13-14(5-9)25-8-24-13/h1-2,5-6,8,10,15,17-18,27H,3-4,7H2,(H,24,25)/t10?,17-,18-/m0/s1. The third-order valence-corrected chi connectivity index (χ3v) is 4.98. The summed E-state index contributed by atoms with van der Waals surface area (Å²) >= 11 is 0. The van der Waals surface area contributed by atoms with Crippen molar-refractivity contribution in [3.05, 3.63) is 47.8 Å². The number of hydrogen-bond acceptors (Lipinski definition) is 4. The number of aliphatic hydroxyl groups excluding tert-OH is 1. The normalized spacial score (nSPS) is 25.0. The van der Waals surface area contributed by atoms with Crippen molar-refractivity contribution in [1.82, 2.24) is 9.97 Å². The maximum absolute atomic E-state index is 14.7. The van der Waals surface area contributed by atoms with E-state index in [0.717, 1.165) is 16.5 Å². The van der Waals surface area contributed by atoms with Gasteiger partial charge in [0, 0.05) is 24.1 Å². The summed E-state index contributed by atoms with van der Waals surface area (Å²) in [5.74, 6) is -2.57. The lowest BCUT2D eigenvalue weighted by molar-refractivity contribution is -0.135. The first-order valence-electron chi connectivity index (χ1n) is 8.97. The molecular weight excluding hydrogens is 394 g/mol. The molecule has 1 amide bonds. The zero-order chi connectivity index (χ0) is 20.7. The number of benzene rings is 1. The van der Waals surface area contributed by atoms with Gasteiger partial charge in [0.25, 0.3) is 5.91 Å². The summed E-state index contributed by atoms with van der Waals surface area (Å²) in [6.07, 6.45) is -3.65. The second-order valence-corrected chi connectivity index (χ2v) is 6.83. The highest BCUT2D eigenvalue weighted by Crippen LogP contribution is 2.41. The van der Waals surface area contributed by atoms with Crippen LogP contribution in [0.3, 0.4) is 0 Å². The molecule has 2 aromatic rings. The second kappa shape index (κ2) is 7.60. The monoisotopic (exact) mass is 411 g/mol. The molecule has 1 fully saturated rings. The summed E-state index contributed by atoms with van der Waals surface area (Å²) in [5.41, 5.74) is 1.18. The van der Waals surface area contributed by atoms with Crippen LogP contribution in [-0.4, -0.2) is 52.3 Å². The molecule has 2 N–H and O–H groups in total. The van der Waals surface area contributed by atoms with Gasteiger partial charge in [0.15, 0.2) is 6.10 Å². The highest BCUT2D eigenvalue weighted by molar-refractivity contribution is 6.07. The molecule has 0 saturated carbocycles. The molecule has 1 unspecified atom stereocenters. The Morgan fingerprint density at radius 3 is 2.86 bits per heavy atom. The Kier molecular flexibility index (Phi) is 5.13. The van der Waals surface area contributed by atoms with E-state index < -0.39 is 54.2 Å². The molecule has 0 radical (unpaired) electrons. The highest BCUT2D eigenvalue weighted by Gasteiger charge is 2.51. The first-order chi connectivity index (χ1) is 13.9. The zero-order valence-electron chi connectivity index (χ0n) is 15.0. The van der Waals surface area contributed by atoms with Crippen molar-refractivity contribution < 1.29 is 32.2 Å². The molecule has 10 heteroatoms. The molecule has 2 heterocycles. The Morgan fingerprint density at radius 1 is 1.34 bits per heavy atom. The fourth-order valence-electron chi connectivity index (χ4n) is 3.56. The van der Waals surface area contributed by atoms with Crippen molar-refractivity contribution in [3.8, 4) is 0 Å². The first kappa shape index (κ1) is 19.6. The van der Waals surface area contributed by atoms with E-state index in [0.29, 0.717) is 11.2 Å². The molecule has 1 aromatic heterocycles. The predicted molar refractivity (Wildman–Crippen MR) is 95.7 cm³/mol.